The molecule has 30 heavy (non-hydrogen) atoms. The topological polar surface area (TPSA) is 108 Å². The van der Waals surface area contributed by atoms with Crippen LogP contribution in [0.25, 0.3) is 0 Å². The number of carbonyl (C=O) groups excluding carboxylic acids is 3. The van der Waals surface area contributed by atoms with Gasteiger partial charge in [0.1, 0.15) is 17.2 Å². The van der Waals surface area contributed by atoms with E-state index in [-0.39, 0.29) is 34.6 Å². The van der Waals surface area contributed by atoms with E-state index in [1.807, 2.05) is 13.8 Å². The number of ketones is 1. The summed E-state index contributed by atoms with van der Waals surface area (Å²) in [5.41, 5.74) is 5.18. The van der Waals surface area contributed by atoms with Crippen molar-refractivity contribution in [2.45, 2.75) is 52.1 Å². The molecule has 1 aromatic carbocycles. The van der Waals surface area contributed by atoms with Crippen molar-refractivity contribution >= 4 is 39.3 Å². The third-order valence-corrected chi connectivity index (χ3v) is 6.07. The summed E-state index contributed by atoms with van der Waals surface area (Å²) in [4.78, 5) is 40.1. The first-order valence-electron chi connectivity index (χ1n) is 9.75. The van der Waals surface area contributed by atoms with Crippen LogP contribution in [-0.4, -0.2) is 23.8 Å². The molecule has 4 rings (SSSR count). The van der Waals surface area contributed by atoms with E-state index in [0.717, 1.165) is 0 Å². The van der Waals surface area contributed by atoms with Crippen molar-refractivity contribution in [3.8, 4) is 0 Å². The summed E-state index contributed by atoms with van der Waals surface area (Å²) >= 11 is 3.43. The average Bonchev–Trinajstić information content (AvgIpc) is 2.86. The van der Waals surface area contributed by atoms with Gasteiger partial charge in [0.25, 0.3) is 0 Å². The average molecular weight is 475 g/mol. The number of rotatable bonds is 2. The molecule has 2 heterocycles. The Hall–Kier alpha value is -2.61. The van der Waals surface area contributed by atoms with Crippen molar-refractivity contribution in [3.63, 3.8) is 0 Å². The number of nitrogens with one attached hydrogen (secondary N) is 1. The van der Waals surface area contributed by atoms with E-state index in [0.29, 0.717) is 27.9 Å². The van der Waals surface area contributed by atoms with Gasteiger partial charge in [0.05, 0.1) is 11.7 Å². The summed E-state index contributed by atoms with van der Waals surface area (Å²) in [5, 5.41) is 2.98. The van der Waals surface area contributed by atoms with Gasteiger partial charge in [-0.05, 0) is 37.5 Å². The van der Waals surface area contributed by atoms with Crippen molar-refractivity contribution in [3.05, 3.63) is 51.0 Å². The predicted molar refractivity (Wildman–Crippen MR) is 113 cm³/mol. The van der Waals surface area contributed by atoms with Crippen molar-refractivity contribution in [1.82, 2.24) is 0 Å². The highest BCUT2D eigenvalue weighted by molar-refractivity contribution is 9.10. The molecule has 0 fully saturated rings. The van der Waals surface area contributed by atoms with Crippen molar-refractivity contribution in [2.24, 2.45) is 11.1 Å². The number of allylic oxidation sites excluding steroid dienone is 1. The normalized spacial score (nSPS) is 24.6. The molecule has 0 saturated carbocycles. The number of carbonyl (C=O) groups is 3. The van der Waals surface area contributed by atoms with E-state index < -0.39 is 23.5 Å². The third kappa shape index (κ3) is 2.88. The number of esters is 2. The minimum absolute atomic E-state index is 0.0289. The fourth-order valence-electron chi connectivity index (χ4n) is 4.55. The Balaban J connectivity index is 2.06. The quantitative estimate of drug-likeness (QED) is 0.631. The van der Waals surface area contributed by atoms with E-state index in [1.165, 1.54) is 0 Å². The Kier molecular flexibility index (Phi) is 4.61. The third-order valence-electron chi connectivity index (χ3n) is 5.58. The van der Waals surface area contributed by atoms with Crippen LogP contribution >= 0.6 is 15.9 Å². The van der Waals surface area contributed by atoms with E-state index >= 15 is 0 Å². The number of Topliss-reactive ketones (excluding diaryl/α,β-unsaturated/α-hetero) is 1. The van der Waals surface area contributed by atoms with Crippen molar-refractivity contribution in [2.75, 3.05) is 5.32 Å². The highest BCUT2D eigenvalue weighted by Crippen LogP contribution is 2.57. The van der Waals surface area contributed by atoms with Gasteiger partial charge in [-0.25, -0.2) is 9.59 Å². The second-order valence-corrected chi connectivity index (χ2v) is 9.85. The fraction of sp³-hybridized carbons (Fsp3) is 0.409. The zero-order chi connectivity index (χ0) is 22.0. The van der Waals surface area contributed by atoms with Crippen LogP contribution in [-0.2, 0) is 29.3 Å². The zero-order valence-electron chi connectivity index (χ0n) is 17.2. The Morgan fingerprint density at radius 1 is 1.27 bits per heavy atom. The number of halogens is 1. The van der Waals surface area contributed by atoms with Crippen LogP contribution in [0.1, 0.15) is 46.1 Å². The molecule has 1 spiro atoms. The van der Waals surface area contributed by atoms with Gasteiger partial charge in [0, 0.05) is 28.6 Å². The summed E-state index contributed by atoms with van der Waals surface area (Å²) in [5.74, 6) is -1.43. The standard InChI is InChI=1S/C22H23BrN2O5/c1-10(2)29-19(27)17-18(24)25-13-6-5-11(23)7-12(13)22(17)16-14(26)8-21(3,4)9-15(16)30-20(22)28/h5-7,10,25H,8-9,24H2,1-4H3/t22-/m1/s1. The van der Waals surface area contributed by atoms with E-state index in [4.69, 9.17) is 15.2 Å². The van der Waals surface area contributed by atoms with Crippen LogP contribution in [0.2, 0.25) is 0 Å². The maximum Gasteiger partial charge on any atom is 0.339 e. The number of benzene rings is 1. The molecule has 0 aromatic heterocycles. The monoisotopic (exact) mass is 474 g/mol. The van der Waals surface area contributed by atoms with Crippen LogP contribution < -0.4 is 11.1 Å². The highest BCUT2D eigenvalue weighted by Gasteiger charge is 2.64. The van der Waals surface area contributed by atoms with E-state index in [2.05, 4.69) is 21.2 Å². The number of anilines is 1. The molecule has 7 nitrogen and oxygen atoms in total. The molecule has 8 heteroatoms. The summed E-state index contributed by atoms with van der Waals surface area (Å²) in [6.45, 7) is 7.29. The fourth-order valence-corrected chi connectivity index (χ4v) is 4.91. The van der Waals surface area contributed by atoms with Crippen LogP contribution in [0.5, 0.6) is 0 Å². The van der Waals surface area contributed by atoms with Crippen LogP contribution in [0, 0.1) is 5.41 Å². The molecule has 0 amide bonds. The lowest BCUT2D eigenvalue weighted by atomic mass is 9.62. The lowest BCUT2D eigenvalue weighted by Crippen LogP contribution is -2.48. The predicted octanol–water partition coefficient (Wildman–Crippen LogP) is 3.43. The zero-order valence-corrected chi connectivity index (χ0v) is 18.8. The molecule has 3 aliphatic rings. The molecule has 1 aliphatic carbocycles. The largest absolute Gasteiger partial charge is 0.459 e. The number of hydrogen-bond donors (Lipinski definition) is 2. The van der Waals surface area contributed by atoms with E-state index in [9.17, 15) is 14.4 Å². The Morgan fingerprint density at radius 3 is 2.63 bits per heavy atom. The van der Waals surface area contributed by atoms with Gasteiger partial charge in [0.2, 0.25) is 0 Å². The maximum atomic E-state index is 13.5. The van der Waals surface area contributed by atoms with Crippen LogP contribution in [0.15, 0.2) is 45.4 Å². The minimum Gasteiger partial charge on any atom is -0.459 e. The summed E-state index contributed by atoms with van der Waals surface area (Å²) in [6.07, 6.45) is 0.198. The van der Waals surface area contributed by atoms with Crippen LogP contribution in [0.3, 0.4) is 0 Å². The molecule has 0 saturated heterocycles. The lowest BCUT2D eigenvalue weighted by Gasteiger charge is -2.38. The van der Waals surface area contributed by atoms with Crippen molar-refractivity contribution < 1.29 is 23.9 Å². The highest BCUT2D eigenvalue weighted by atomic mass is 79.9. The van der Waals surface area contributed by atoms with Crippen molar-refractivity contribution in [1.29, 1.82) is 0 Å². The number of hydrogen-bond acceptors (Lipinski definition) is 7. The smallest absolute Gasteiger partial charge is 0.339 e. The summed E-state index contributed by atoms with van der Waals surface area (Å²) in [6, 6.07) is 5.23. The summed E-state index contributed by atoms with van der Waals surface area (Å²) in [7, 11) is 0. The first-order valence-corrected chi connectivity index (χ1v) is 10.5. The Bertz CT molecular complexity index is 1070. The molecule has 0 bridgehead atoms. The molecule has 3 N–H and O–H groups in total. The molecular weight excluding hydrogens is 452 g/mol. The van der Waals surface area contributed by atoms with Gasteiger partial charge in [-0.1, -0.05) is 29.8 Å². The molecule has 1 atom stereocenters. The first-order chi connectivity index (χ1) is 14.0. The molecule has 0 unspecified atom stereocenters. The second kappa shape index (κ2) is 6.70. The maximum absolute atomic E-state index is 13.5. The van der Waals surface area contributed by atoms with E-state index in [1.54, 1.807) is 32.0 Å². The molecule has 158 valence electrons. The van der Waals surface area contributed by atoms with Gasteiger partial charge >= 0.3 is 11.9 Å². The number of nitrogens with two attached hydrogens (primary N) is 1. The molecule has 0 radical (unpaired) electrons. The Morgan fingerprint density at radius 2 is 1.97 bits per heavy atom. The number of fused-ring (bicyclic) bond motifs is 3. The van der Waals surface area contributed by atoms with Gasteiger partial charge in [-0.2, -0.15) is 0 Å². The lowest BCUT2D eigenvalue weighted by molar-refractivity contribution is -0.148. The Labute approximate surface area is 182 Å². The number of ether oxygens (including phenoxy) is 2. The molecular formula is C22H23BrN2O5. The molecule has 1 aromatic rings. The first kappa shape index (κ1) is 20.7. The van der Waals surface area contributed by atoms with Gasteiger partial charge in [-0.3, -0.25) is 4.79 Å². The molecule has 2 aliphatic heterocycles. The van der Waals surface area contributed by atoms with Gasteiger partial charge < -0.3 is 20.5 Å². The second-order valence-electron chi connectivity index (χ2n) is 8.94. The SMILES string of the molecule is CC(C)OC(=O)C1=C(N)Nc2ccc(Br)cc2[C@]12C(=O)OC1=C2C(=O)CC(C)(C)C1. The van der Waals surface area contributed by atoms with Gasteiger partial charge in [0.15, 0.2) is 11.2 Å². The minimum atomic E-state index is -1.76. The van der Waals surface area contributed by atoms with Crippen LogP contribution in [0.4, 0.5) is 5.69 Å². The summed E-state index contributed by atoms with van der Waals surface area (Å²) < 4.78 is 11.8. The van der Waals surface area contributed by atoms with Gasteiger partial charge in [-0.15, -0.1) is 0 Å².